The maximum atomic E-state index is 12.3. The third-order valence-corrected chi connectivity index (χ3v) is 3.82. The number of rotatable bonds is 5. The lowest BCUT2D eigenvalue weighted by molar-refractivity contribution is -0.125. The van der Waals surface area contributed by atoms with Crippen LogP contribution in [0.5, 0.6) is 0 Å². The van der Waals surface area contributed by atoms with Gasteiger partial charge in [0.2, 0.25) is 5.91 Å². The first-order valence-electron chi connectivity index (χ1n) is 5.98. The van der Waals surface area contributed by atoms with Gasteiger partial charge in [-0.2, -0.15) is 0 Å². The molecule has 1 aromatic carbocycles. The summed E-state index contributed by atoms with van der Waals surface area (Å²) in [6.45, 7) is 5.10. The second-order valence-corrected chi connectivity index (χ2v) is 5.71. The summed E-state index contributed by atoms with van der Waals surface area (Å²) in [5, 5.41) is 8.80. The van der Waals surface area contributed by atoms with Crippen molar-refractivity contribution < 1.29 is 23.5 Å². The Bertz CT molecular complexity index is 538. The first-order chi connectivity index (χ1) is 9.20. The molecule has 6 nitrogen and oxygen atoms in total. The Morgan fingerprint density at radius 3 is 2.15 bits per heavy atom. The first-order valence-corrected chi connectivity index (χ1v) is 7.01. The molecule has 0 saturated heterocycles. The molecule has 1 rings (SSSR count). The summed E-state index contributed by atoms with van der Waals surface area (Å²) in [5.41, 5.74) is -0.687. The van der Waals surface area contributed by atoms with E-state index in [2.05, 4.69) is 0 Å². The van der Waals surface area contributed by atoms with Gasteiger partial charge in [-0.15, -0.1) is 0 Å². The van der Waals surface area contributed by atoms with E-state index in [1.807, 2.05) is 0 Å². The van der Waals surface area contributed by atoms with Gasteiger partial charge in [0.1, 0.15) is 0 Å². The summed E-state index contributed by atoms with van der Waals surface area (Å²) in [6.07, 6.45) is 0.479. The predicted octanol–water partition coefficient (Wildman–Crippen LogP) is 1.95. The fourth-order valence-corrected chi connectivity index (χ4v) is 2.11. The summed E-state index contributed by atoms with van der Waals surface area (Å²) >= 11 is -2.76. The van der Waals surface area contributed by atoms with Crippen LogP contribution in [0.1, 0.15) is 37.6 Å². The highest BCUT2D eigenvalue weighted by atomic mass is 32.2. The highest BCUT2D eigenvalue weighted by Gasteiger charge is 2.32. The fraction of sp³-hybridized carbons (Fsp3) is 0.385. The quantitative estimate of drug-likeness (QED) is 0.838. The van der Waals surface area contributed by atoms with E-state index in [1.165, 1.54) is 24.3 Å². The first kappa shape index (κ1) is 16.3. The minimum atomic E-state index is -2.76. The number of carboxylic acids is 1. The SMILES string of the molecule is CCC(C)(C)C(=O)N(c1ccc(C(=O)O)cc1)S(=O)[O-]. The molecule has 0 aliphatic carbocycles. The second-order valence-electron chi connectivity index (χ2n) is 4.91. The third-order valence-electron chi connectivity index (χ3n) is 3.15. The van der Waals surface area contributed by atoms with Crippen LogP contribution in [0.4, 0.5) is 5.69 Å². The number of carboxylic acid groups (broad SMARTS) is 1. The number of hydrogen-bond acceptors (Lipinski definition) is 4. The predicted molar refractivity (Wildman–Crippen MR) is 73.9 cm³/mol. The number of amides is 1. The molecule has 1 N–H and O–H groups in total. The zero-order valence-electron chi connectivity index (χ0n) is 11.5. The molecule has 1 aromatic rings. The molecule has 0 bridgehead atoms. The summed E-state index contributed by atoms with van der Waals surface area (Å²) in [6, 6.07) is 5.10. The third kappa shape index (κ3) is 3.43. The molecule has 20 heavy (non-hydrogen) atoms. The van der Waals surface area contributed by atoms with E-state index in [9.17, 15) is 18.4 Å². The Labute approximate surface area is 119 Å². The van der Waals surface area contributed by atoms with Gasteiger partial charge in [-0.05, 0) is 30.7 Å². The molecule has 0 aromatic heterocycles. The van der Waals surface area contributed by atoms with Crippen LogP contribution in [0.15, 0.2) is 24.3 Å². The van der Waals surface area contributed by atoms with E-state index in [-0.39, 0.29) is 11.3 Å². The van der Waals surface area contributed by atoms with Gasteiger partial charge in [0.05, 0.1) is 22.5 Å². The number of carbonyl (C=O) groups excluding carboxylic acids is 1. The average molecular weight is 298 g/mol. The van der Waals surface area contributed by atoms with Crippen molar-refractivity contribution in [3.05, 3.63) is 29.8 Å². The van der Waals surface area contributed by atoms with Gasteiger partial charge in [-0.25, -0.2) is 9.10 Å². The van der Waals surface area contributed by atoms with E-state index < -0.39 is 28.6 Å². The molecule has 0 fully saturated rings. The molecule has 0 saturated carbocycles. The Hall–Kier alpha value is -1.73. The number of carbonyl (C=O) groups is 2. The number of benzene rings is 1. The van der Waals surface area contributed by atoms with Crippen molar-refractivity contribution in [3.63, 3.8) is 0 Å². The van der Waals surface area contributed by atoms with E-state index in [4.69, 9.17) is 5.11 Å². The highest BCUT2D eigenvalue weighted by Crippen LogP contribution is 2.27. The summed E-state index contributed by atoms with van der Waals surface area (Å²) < 4.78 is 23.3. The van der Waals surface area contributed by atoms with Crippen LogP contribution in [0.25, 0.3) is 0 Å². The van der Waals surface area contributed by atoms with Crippen LogP contribution in [0.2, 0.25) is 0 Å². The Kier molecular flexibility index (Phi) is 5.02. The van der Waals surface area contributed by atoms with Crippen molar-refractivity contribution in [1.29, 1.82) is 0 Å². The van der Waals surface area contributed by atoms with Gasteiger partial charge < -0.3 is 9.66 Å². The maximum absolute atomic E-state index is 12.3. The topological polar surface area (TPSA) is 97.7 Å². The molecular formula is C13H16NO5S-. The van der Waals surface area contributed by atoms with Gasteiger partial charge in [-0.1, -0.05) is 20.8 Å². The molecule has 1 unspecified atom stereocenters. The summed E-state index contributed by atoms with van der Waals surface area (Å²) in [5.74, 6) is -1.68. The van der Waals surface area contributed by atoms with Crippen molar-refractivity contribution in [3.8, 4) is 0 Å². The van der Waals surface area contributed by atoms with Crippen LogP contribution < -0.4 is 4.31 Å². The van der Waals surface area contributed by atoms with E-state index in [1.54, 1.807) is 20.8 Å². The molecule has 0 aliphatic rings. The van der Waals surface area contributed by atoms with Crippen LogP contribution in [0.3, 0.4) is 0 Å². The minimum absolute atomic E-state index is 0.0209. The molecular weight excluding hydrogens is 282 g/mol. The smallest absolute Gasteiger partial charge is 0.335 e. The fourth-order valence-electron chi connectivity index (χ4n) is 1.44. The van der Waals surface area contributed by atoms with E-state index in [0.29, 0.717) is 10.7 Å². The van der Waals surface area contributed by atoms with Crippen molar-refractivity contribution in [1.82, 2.24) is 0 Å². The summed E-state index contributed by atoms with van der Waals surface area (Å²) in [4.78, 5) is 23.0. The standard InChI is InChI=1S/C13H17NO5S/c1-4-13(2,3)12(17)14(20(18)19)10-7-5-9(6-8-10)11(15)16/h5-8H,4H2,1-3H3,(H,15,16)(H,18,19)/p-1. The Morgan fingerprint density at radius 2 is 1.80 bits per heavy atom. The van der Waals surface area contributed by atoms with Crippen LogP contribution in [0, 0.1) is 5.41 Å². The van der Waals surface area contributed by atoms with Gasteiger partial charge in [0, 0.05) is 5.41 Å². The molecule has 1 amide bonds. The minimum Gasteiger partial charge on any atom is -0.755 e. The zero-order chi connectivity index (χ0) is 15.5. The number of hydrogen-bond donors (Lipinski definition) is 1. The maximum Gasteiger partial charge on any atom is 0.335 e. The molecule has 1 atom stereocenters. The molecule has 0 heterocycles. The van der Waals surface area contributed by atoms with Gasteiger partial charge in [0.15, 0.2) is 0 Å². The molecule has 0 aliphatic heterocycles. The van der Waals surface area contributed by atoms with Crippen molar-refractivity contribution >= 4 is 28.8 Å². The van der Waals surface area contributed by atoms with Crippen LogP contribution >= 0.6 is 0 Å². The average Bonchev–Trinajstić information content (AvgIpc) is 2.39. The largest absolute Gasteiger partial charge is 0.755 e. The Balaban J connectivity index is 3.18. The lowest BCUT2D eigenvalue weighted by Crippen LogP contribution is -2.41. The second kappa shape index (κ2) is 6.15. The number of aromatic carboxylic acids is 1. The van der Waals surface area contributed by atoms with Crippen LogP contribution in [-0.2, 0) is 16.1 Å². The monoisotopic (exact) mass is 298 g/mol. The molecule has 0 spiro atoms. The molecule has 7 heteroatoms. The lowest BCUT2D eigenvalue weighted by Gasteiger charge is -2.32. The van der Waals surface area contributed by atoms with Crippen LogP contribution in [-0.4, -0.2) is 25.7 Å². The highest BCUT2D eigenvalue weighted by molar-refractivity contribution is 7.81. The van der Waals surface area contributed by atoms with E-state index >= 15 is 0 Å². The zero-order valence-corrected chi connectivity index (χ0v) is 12.3. The number of nitrogens with zero attached hydrogens (tertiary/aromatic N) is 1. The van der Waals surface area contributed by atoms with Gasteiger partial charge >= 0.3 is 5.97 Å². The van der Waals surface area contributed by atoms with Gasteiger partial charge in [-0.3, -0.25) is 9.00 Å². The van der Waals surface area contributed by atoms with E-state index in [0.717, 1.165) is 0 Å². The van der Waals surface area contributed by atoms with Crippen molar-refractivity contribution in [2.45, 2.75) is 27.2 Å². The van der Waals surface area contributed by atoms with Crippen molar-refractivity contribution in [2.24, 2.45) is 5.41 Å². The Morgan fingerprint density at radius 1 is 1.30 bits per heavy atom. The summed E-state index contributed by atoms with van der Waals surface area (Å²) in [7, 11) is 0. The molecule has 0 radical (unpaired) electrons. The molecule has 110 valence electrons. The van der Waals surface area contributed by atoms with Crippen molar-refractivity contribution in [2.75, 3.05) is 4.31 Å². The van der Waals surface area contributed by atoms with Gasteiger partial charge in [0.25, 0.3) is 0 Å². The normalized spacial score (nSPS) is 12.8. The lowest BCUT2D eigenvalue weighted by atomic mass is 9.89. The number of anilines is 1.